The number of carbonyl (C=O) groups excluding carboxylic acids is 1. The van der Waals surface area contributed by atoms with E-state index in [1.807, 2.05) is 0 Å². The Labute approximate surface area is 122 Å². The summed E-state index contributed by atoms with van der Waals surface area (Å²) in [4.78, 5) is 27.6. The highest BCUT2D eigenvalue weighted by Crippen LogP contribution is 2.36. The molecule has 1 saturated carbocycles. The van der Waals surface area contributed by atoms with Gasteiger partial charge in [0.25, 0.3) is 5.91 Å². The lowest BCUT2D eigenvalue weighted by Gasteiger charge is -2.38. The molecule has 1 aromatic rings. The summed E-state index contributed by atoms with van der Waals surface area (Å²) in [5.74, 6) is -1.25. The van der Waals surface area contributed by atoms with Crippen LogP contribution >= 0.6 is 11.6 Å². The molecule has 0 saturated heterocycles. The van der Waals surface area contributed by atoms with Gasteiger partial charge in [0, 0.05) is 12.2 Å². The van der Waals surface area contributed by atoms with Crippen LogP contribution < -0.4 is 5.32 Å². The SMILES string of the molecule is CC1(C(=O)O)CCCCC1NC(=O)c1cccnc1Cl. The van der Waals surface area contributed by atoms with Crippen LogP contribution in [0.15, 0.2) is 18.3 Å². The number of hydrogen-bond acceptors (Lipinski definition) is 3. The first-order valence-electron chi connectivity index (χ1n) is 6.60. The molecule has 2 N–H and O–H groups in total. The second-order valence-corrected chi connectivity index (χ2v) is 5.69. The summed E-state index contributed by atoms with van der Waals surface area (Å²) in [5.41, 5.74) is -0.657. The average Bonchev–Trinajstić information content (AvgIpc) is 2.41. The molecule has 2 unspecified atom stereocenters. The zero-order valence-corrected chi connectivity index (χ0v) is 12.0. The molecule has 20 heavy (non-hydrogen) atoms. The number of pyridine rings is 1. The van der Waals surface area contributed by atoms with E-state index < -0.39 is 17.4 Å². The van der Waals surface area contributed by atoms with Gasteiger partial charge in [-0.3, -0.25) is 9.59 Å². The fraction of sp³-hybridized carbons (Fsp3) is 0.500. The van der Waals surface area contributed by atoms with Crippen molar-refractivity contribution in [1.29, 1.82) is 0 Å². The van der Waals surface area contributed by atoms with E-state index in [-0.39, 0.29) is 16.6 Å². The topological polar surface area (TPSA) is 79.3 Å². The van der Waals surface area contributed by atoms with Gasteiger partial charge in [-0.1, -0.05) is 24.4 Å². The molecule has 0 spiro atoms. The van der Waals surface area contributed by atoms with Crippen molar-refractivity contribution in [2.75, 3.05) is 0 Å². The second-order valence-electron chi connectivity index (χ2n) is 5.34. The van der Waals surface area contributed by atoms with Crippen LogP contribution in [0.2, 0.25) is 5.15 Å². The first-order chi connectivity index (χ1) is 9.45. The highest BCUT2D eigenvalue weighted by Gasteiger charge is 2.44. The number of aromatic nitrogens is 1. The van der Waals surface area contributed by atoms with E-state index in [1.165, 1.54) is 6.20 Å². The molecule has 2 atom stereocenters. The Morgan fingerprint density at radius 1 is 1.50 bits per heavy atom. The summed E-state index contributed by atoms with van der Waals surface area (Å²) in [6.45, 7) is 1.68. The van der Waals surface area contributed by atoms with Crippen LogP contribution in [0.25, 0.3) is 0 Å². The van der Waals surface area contributed by atoms with Gasteiger partial charge in [0.1, 0.15) is 5.15 Å². The van der Waals surface area contributed by atoms with Gasteiger partial charge in [-0.15, -0.1) is 0 Å². The van der Waals surface area contributed by atoms with Gasteiger partial charge in [0.05, 0.1) is 11.0 Å². The lowest BCUT2D eigenvalue weighted by atomic mass is 9.71. The highest BCUT2D eigenvalue weighted by atomic mass is 35.5. The molecule has 2 rings (SSSR count). The number of nitrogens with zero attached hydrogens (tertiary/aromatic N) is 1. The molecule has 0 aliphatic heterocycles. The Hall–Kier alpha value is -1.62. The molecule has 1 aliphatic carbocycles. The molecule has 108 valence electrons. The van der Waals surface area contributed by atoms with Crippen molar-refractivity contribution in [3.8, 4) is 0 Å². The summed E-state index contributed by atoms with van der Waals surface area (Å²) >= 11 is 5.88. The van der Waals surface area contributed by atoms with Crippen LogP contribution in [-0.4, -0.2) is 28.0 Å². The second kappa shape index (κ2) is 5.79. The maximum absolute atomic E-state index is 12.2. The zero-order valence-electron chi connectivity index (χ0n) is 11.2. The summed E-state index contributed by atoms with van der Waals surface area (Å²) in [7, 11) is 0. The summed E-state index contributed by atoms with van der Waals surface area (Å²) < 4.78 is 0. The predicted molar refractivity (Wildman–Crippen MR) is 74.7 cm³/mol. The molecule has 6 heteroatoms. The van der Waals surface area contributed by atoms with Crippen molar-refractivity contribution < 1.29 is 14.7 Å². The Bertz CT molecular complexity index is 535. The van der Waals surface area contributed by atoms with E-state index >= 15 is 0 Å². The molecular formula is C14H17ClN2O3. The van der Waals surface area contributed by atoms with Gasteiger partial charge in [-0.25, -0.2) is 4.98 Å². The number of rotatable bonds is 3. The first kappa shape index (κ1) is 14.8. The molecule has 0 radical (unpaired) electrons. The number of halogens is 1. The Balaban J connectivity index is 2.18. The van der Waals surface area contributed by atoms with Crippen molar-refractivity contribution in [1.82, 2.24) is 10.3 Å². The normalized spacial score (nSPS) is 26.0. The number of carbonyl (C=O) groups is 2. The Morgan fingerprint density at radius 2 is 2.25 bits per heavy atom. The van der Waals surface area contributed by atoms with E-state index in [9.17, 15) is 14.7 Å². The van der Waals surface area contributed by atoms with E-state index in [4.69, 9.17) is 11.6 Å². The smallest absolute Gasteiger partial charge is 0.311 e. The quantitative estimate of drug-likeness (QED) is 0.840. The van der Waals surface area contributed by atoms with Gasteiger partial charge in [0.2, 0.25) is 0 Å². The molecule has 0 bridgehead atoms. The molecule has 5 nitrogen and oxygen atoms in total. The van der Waals surface area contributed by atoms with Crippen molar-refractivity contribution in [2.45, 2.75) is 38.6 Å². The molecular weight excluding hydrogens is 280 g/mol. The third kappa shape index (κ3) is 2.77. The minimum Gasteiger partial charge on any atom is -0.481 e. The van der Waals surface area contributed by atoms with Gasteiger partial charge in [-0.2, -0.15) is 0 Å². The van der Waals surface area contributed by atoms with Gasteiger partial charge < -0.3 is 10.4 Å². The van der Waals surface area contributed by atoms with Crippen LogP contribution in [0.1, 0.15) is 43.0 Å². The van der Waals surface area contributed by atoms with Crippen molar-refractivity contribution in [3.05, 3.63) is 29.0 Å². The van der Waals surface area contributed by atoms with Crippen LogP contribution in [0, 0.1) is 5.41 Å². The molecule has 1 heterocycles. The molecule has 1 amide bonds. The maximum Gasteiger partial charge on any atom is 0.311 e. The van der Waals surface area contributed by atoms with E-state index in [2.05, 4.69) is 10.3 Å². The molecule has 0 aromatic carbocycles. The fourth-order valence-corrected chi connectivity index (χ4v) is 2.82. The van der Waals surface area contributed by atoms with Crippen LogP contribution in [0.5, 0.6) is 0 Å². The third-order valence-electron chi connectivity index (χ3n) is 4.01. The Kier molecular flexibility index (Phi) is 4.28. The first-order valence-corrected chi connectivity index (χ1v) is 6.98. The zero-order chi connectivity index (χ0) is 14.8. The molecule has 1 aliphatic rings. The largest absolute Gasteiger partial charge is 0.481 e. The van der Waals surface area contributed by atoms with Crippen LogP contribution in [0.3, 0.4) is 0 Å². The maximum atomic E-state index is 12.2. The number of nitrogens with one attached hydrogen (secondary N) is 1. The van der Waals surface area contributed by atoms with Crippen molar-refractivity contribution in [3.63, 3.8) is 0 Å². The lowest BCUT2D eigenvalue weighted by Crippen LogP contribution is -2.52. The third-order valence-corrected chi connectivity index (χ3v) is 4.31. The van der Waals surface area contributed by atoms with Crippen molar-refractivity contribution >= 4 is 23.5 Å². The summed E-state index contributed by atoms with van der Waals surface area (Å²) in [5, 5.41) is 12.3. The van der Waals surface area contributed by atoms with Gasteiger partial charge in [-0.05, 0) is 31.9 Å². The summed E-state index contributed by atoms with van der Waals surface area (Å²) in [6.07, 6.45) is 4.50. The predicted octanol–water partition coefficient (Wildman–Crippen LogP) is 2.50. The van der Waals surface area contributed by atoms with E-state index in [0.717, 1.165) is 12.8 Å². The Morgan fingerprint density at radius 3 is 2.90 bits per heavy atom. The monoisotopic (exact) mass is 296 g/mol. The van der Waals surface area contributed by atoms with Crippen LogP contribution in [0.4, 0.5) is 0 Å². The van der Waals surface area contributed by atoms with Crippen molar-refractivity contribution in [2.24, 2.45) is 5.41 Å². The summed E-state index contributed by atoms with van der Waals surface area (Å²) in [6, 6.07) is 2.81. The van der Waals surface area contributed by atoms with Crippen LogP contribution in [-0.2, 0) is 4.79 Å². The minimum absolute atomic E-state index is 0.123. The lowest BCUT2D eigenvalue weighted by molar-refractivity contribution is -0.151. The van der Waals surface area contributed by atoms with Gasteiger partial charge in [0.15, 0.2) is 0 Å². The van der Waals surface area contributed by atoms with E-state index in [0.29, 0.717) is 12.8 Å². The number of carboxylic acids is 1. The highest BCUT2D eigenvalue weighted by molar-refractivity contribution is 6.32. The number of aliphatic carboxylic acids is 1. The average molecular weight is 297 g/mol. The fourth-order valence-electron chi connectivity index (χ4n) is 2.61. The van der Waals surface area contributed by atoms with Gasteiger partial charge >= 0.3 is 5.97 Å². The number of amides is 1. The number of carboxylic acid groups (broad SMARTS) is 1. The minimum atomic E-state index is -0.928. The standard InChI is InChI=1S/C14H17ClN2O3/c1-14(13(19)20)7-3-2-6-10(14)17-12(18)9-5-4-8-16-11(9)15/h4-5,8,10H,2-3,6-7H2,1H3,(H,17,18)(H,19,20). The van der Waals surface area contributed by atoms with E-state index in [1.54, 1.807) is 19.1 Å². The number of hydrogen-bond donors (Lipinski definition) is 2. The molecule has 1 aromatic heterocycles. The molecule has 1 fully saturated rings.